The Hall–Kier alpha value is -1.02. The molecule has 0 amide bonds. The van der Waals surface area contributed by atoms with E-state index in [0.29, 0.717) is 12.5 Å². The van der Waals surface area contributed by atoms with Gasteiger partial charge >= 0.3 is 0 Å². The molecule has 0 aliphatic carbocycles. The smallest absolute Gasteiger partial charge is 0.122 e. The number of benzene rings is 1. The Bertz CT molecular complexity index is 343. The van der Waals surface area contributed by atoms with E-state index in [-0.39, 0.29) is 6.10 Å². The molecule has 2 heteroatoms. The zero-order valence-electron chi connectivity index (χ0n) is 11.4. The predicted octanol–water partition coefficient (Wildman–Crippen LogP) is 3.66. The van der Waals surface area contributed by atoms with Crippen molar-refractivity contribution >= 4 is 0 Å². The topological polar surface area (TPSA) is 29.5 Å². The van der Waals surface area contributed by atoms with Crippen LogP contribution in [0.5, 0.6) is 5.75 Å². The lowest BCUT2D eigenvalue weighted by Gasteiger charge is -2.15. The highest BCUT2D eigenvalue weighted by Gasteiger charge is 2.08. The van der Waals surface area contributed by atoms with Gasteiger partial charge in [0.2, 0.25) is 0 Å². The molecule has 0 bridgehead atoms. The first-order chi connectivity index (χ1) is 8.00. The van der Waals surface area contributed by atoms with Crippen molar-refractivity contribution < 1.29 is 9.84 Å². The summed E-state index contributed by atoms with van der Waals surface area (Å²) in [7, 11) is 0. The average Bonchev–Trinajstić information content (AvgIpc) is 2.23. The fourth-order valence-corrected chi connectivity index (χ4v) is 1.80. The lowest BCUT2D eigenvalue weighted by atomic mass is 10.0. The average molecular weight is 236 g/mol. The molecular weight excluding hydrogens is 212 g/mol. The van der Waals surface area contributed by atoms with Crippen LogP contribution in [0, 0.1) is 6.92 Å². The van der Waals surface area contributed by atoms with E-state index < -0.39 is 0 Å². The van der Waals surface area contributed by atoms with Crippen molar-refractivity contribution in [2.45, 2.75) is 52.6 Å². The molecule has 1 unspecified atom stereocenters. The lowest BCUT2D eigenvalue weighted by Crippen LogP contribution is -2.06. The molecule has 1 rings (SSSR count). The third-order valence-corrected chi connectivity index (χ3v) is 2.81. The predicted molar refractivity (Wildman–Crippen MR) is 71.7 cm³/mol. The van der Waals surface area contributed by atoms with Crippen molar-refractivity contribution in [3.63, 3.8) is 0 Å². The van der Waals surface area contributed by atoms with Crippen molar-refractivity contribution in [2.75, 3.05) is 6.61 Å². The summed E-state index contributed by atoms with van der Waals surface area (Å²) in [6.45, 7) is 8.91. The molecule has 0 saturated heterocycles. The number of hydrogen-bond acceptors (Lipinski definition) is 2. The normalized spacial score (nSPS) is 12.8. The van der Waals surface area contributed by atoms with Crippen LogP contribution in [-0.4, -0.2) is 17.8 Å². The molecule has 0 aliphatic rings. The van der Waals surface area contributed by atoms with Gasteiger partial charge in [0.1, 0.15) is 5.75 Å². The summed E-state index contributed by atoms with van der Waals surface area (Å²) >= 11 is 0. The van der Waals surface area contributed by atoms with Crippen LogP contribution in [0.15, 0.2) is 18.2 Å². The van der Waals surface area contributed by atoms with Gasteiger partial charge in [0.05, 0.1) is 12.7 Å². The van der Waals surface area contributed by atoms with E-state index in [4.69, 9.17) is 4.74 Å². The Balaban J connectivity index is 2.59. The second-order valence-electron chi connectivity index (χ2n) is 5.04. The summed E-state index contributed by atoms with van der Waals surface area (Å²) in [5.41, 5.74) is 2.48. The summed E-state index contributed by atoms with van der Waals surface area (Å²) in [5.74, 6) is 1.47. The van der Waals surface area contributed by atoms with Crippen LogP contribution in [0.2, 0.25) is 0 Å². The van der Waals surface area contributed by atoms with Gasteiger partial charge in [-0.15, -0.1) is 0 Å². The SMILES string of the molecule is Cc1ccc(C(C)C)c(OCCCC(C)O)c1. The Morgan fingerprint density at radius 3 is 2.53 bits per heavy atom. The van der Waals surface area contributed by atoms with Gasteiger partial charge in [0, 0.05) is 0 Å². The Kier molecular flexibility index (Phi) is 5.49. The highest BCUT2D eigenvalue weighted by Crippen LogP contribution is 2.27. The number of aliphatic hydroxyl groups excluding tert-OH is 1. The van der Waals surface area contributed by atoms with Gasteiger partial charge in [-0.2, -0.15) is 0 Å². The van der Waals surface area contributed by atoms with Gasteiger partial charge < -0.3 is 9.84 Å². The van der Waals surface area contributed by atoms with Crippen molar-refractivity contribution in [3.05, 3.63) is 29.3 Å². The molecule has 0 spiro atoms. The highest BCUT2D eigenvalue weighted by molar-refractivity contribution is 5.39. The van der Waals surface area contributed by atoms with Gasteiger partial charge in [-0.25, -0.2) is 0 Å². The van der Waals surface area contributed by atoms with Gasteiger partial charge in [-0.3, -0.25) is 0 Å². The fraction of sp³-hybridized carbons (Fsp3) is 0.600. The van der Waals surface area contributed by atoms with E-state index in [1.807, 2.05) is 6.92 Å². The minimum absolute atomic E-state index is 0.235. The maximum atomic E-state index is 9.18. The molecule has 0 heterocycles. The second kappa shape index (κ2) is 6.65. The quantitative estimate of drug-likeness (QED) is 0.764. The van der Waals surface area contributed by atoms with E-state index in [2.05, 4.69) is 39.0 Å². The third kappa shape index (κ3) is 4.78. The largest absolute Gasteiger partial charge is 0.493 e. The first-order valence-corrected chi connectivity index (χ1v) is 6.42. The molecule has 0 fully saturated rings. The van der Waals surface area contributed by atoms with Crippen molar-refractivity contribution in [3.8, 4) is 5.75 Å². The minimum Gasteiger partial charge on any atom is -0.493 e. The van der Waals surface area contributed by atoms with E-state index >= 15 is 0 Å². The van der Waals surface area contributed by atoms with Gasteiger partial charge in [0.25, 0.3) is 0 Å². The molecule has 0 aromatic heterocycles. The van der Waals surface area contributed by atoms with Crippen molar-refractivity contribution in [1.29, 1.82) is 0 Å². The zero-order valence-corrected chi connectivity index (χ0v) is 11.4. The Morgan fingerprint density at radius 2 is 1.94 bits per heavy atom. The van der Waals surface area contributed by atoms with Crippen LogP contribution < -0.4 is 4.74 Å². The van der Waals surface area contributed by atoms with Crippen LogP contribution >= 0.6 is 0 Å². The number of rotatable bonds is 6. The highest BCUT2D eigenvalue weighted by atomic mass is 16.5. The molecule has 0 saturated carbocycles. The summed E-state index contributed by atoms with van der Waals surface area (Å²) in [4.78, 5) is 0. The monoisotopic (exact) mass is 236 g/mol. The van der Waals surface area contributed by atoms with Crippen LogP contribution in [0.1, 0.15) is 50.7 Å². The minimum atomic E-state index is -0.235. The maximum Gasteiger partial charge on any atom is 0.122 e. The first-order valence-electron chi connectivity index (χ1n) is 6.42. The Morgan fingerprint density at radius 1 is 1.24 bits per heavy atom. The number of aliphatic hydroxyl groups is 1. The molecule has 2 nitrogen and oxygen atoms in total. The summed E-state index contributed by atoms with van der Waals surface area (Å²) in [6.07, 6.45) is 1.45. The van der Waals surface area contributed by atoms with Crippen molar-refractivity contribution in [1.82, 2.24) is 0 Å². The van der Waals surface area contributed by atoms with E-state index in [0.717, 1.165) is 18.6 Å². The van der Waals surface area contributed by atoms with E-state index in [9.17, 15) is 5.11 Å². The molecular formula is C15H24O2. The first kappa shape index (κ1) is 14.0. The molecule has 17 heavy (non-hydrogen) atoms. The maximum absolute atomic E-state index is 9.18. The van der Waals surface area contributed by atoms with E-state index in [1.54, 1.807) is 0 Å². The standard InChI is InChI=1S/C15H24O2/c1-11(2)14-8-7-12(3)10-15(14)17-9-5-6-13(4)16/h7-8,10-11,13,16H,5-6,9H2,1-4H3. The second-order valence-corrected chi connectivity index (χ2v) is 5.04. The fourth-order valence-electron chi connectivity index (χ4n) is 1.80. The lowest BCUT2D eigenvalue weighted by molar-refractivity contribution is 0.170. The van der Waals surface area contributed by atoms with Crippen molar-refractivity contribution in [2.24, 2.45) is 0 Å². The molecule has 1 aromatic rings. The zero-order chi connectivity index (χ0) is 12.8. The summed E-state index contributed by atoms with van der Waals surface area (Å²) in [5, 5.41) is 9.18. The van der Waals surface area contributed by atoms with Crippen LogP contribution in [0.4, 0.5) is 0 Å². The number of aryl methyl sites for hydroxylation is 1. The number of hydrogen-bond donors (Lipinski definition) is 1. The van der Waals surface area contributed by atoms with Crippen LogP contribution in [-0.2, 0) is 0 Å². The van der Waals surface area contributed by atoms with Gasteiger partial charge in [-0.05, 0) is 49.8 Å². The summed E-state index contributed by atoms with van der Waals surface area (Å²) in [6, 6.07) is 6.36. The van der Waals surface area contributed by atoms with E-state index in [1.165, 1.54) is 11.1 Å². The number of ether oxygens (including phenoxy) is 1. The molecule has 1 atom stereocenters. The van der Waals surface area contributed by atoms with Crippen LogP contribution in [0.25, 0.3) is 0 Å². The molecule has 1 aromatic carbocycles. The third-order valence-electron chi connectivity index (χ3n) is 2.81. The van der Waals surface area contributed by atoms with Gasteiger partial charge in [-0.1, -0.05) is 26.0 Å². The van der Waals surface area contributed by atoms with Crippen LogP contribution in [0.3, 0.4) is 0 Å². The Labute approximate surface area is 105 Å². The van der Waals surface area contributed by atoms with Gasteiger partial charge in [0.15, 0.2) is 0 Å². The molecule has 0 aliphatic heterocycles. The summed E-state index contributed by atoms with van der Waals surface area (Å²) < 4.78 is 5.82. The molecule has 0 radical (unpaired) electrons. The molecule has 96 valence electrons. The molecule has 1 N–H and O–H groups in total.